The molecule has 17 nitrogen and oxygen atoms in total. The molecule has 100 heavy (non-hydrogen) atoms. The molecule has 0 aromatic carbocycles. The van der Waals surface area contributed by atoms with E-state index in [1.54, 1.807) is 0 Å². The van der Waals surface area contributed by atoms with Crippen LogP contribution in [0.1, 0.15) is 401 Å². The van der Waals surface area contributed by atoms with Gasteiger partial charge >= 0.3 is 39.5 Å². The second kappa shape index (κ2) is 72.1. The summed E-state index contributed by atoms with van der Waals surface area (Å²) in [4.78, 5) is 73.0. The fourth-order valence-corrected chi connectivity index (χ4v) is 13.6. The molecule has 0 saturated carbocycles. The van der Waals surface area contributed by atoms with E-state index in [1.165, 1.54) is 199 Å². The van der Waals surface area contributed by atoms with Crippen LogP contribution < -0.4 is 0 Å². The van der Waals surface area contributed by atoms with Crippen molar-refractivity contribution in [2.45, 2.75) is 419 Å². The van der Waals surface area contributed by atoms with Crippen LogP contribution in [0.25, 0.3) is 0 Å². The Hall–Kier alpha value is -2.46. The summed E-state index contributed by atoms with van der Waals surface area (Å²) in [6.45, 7) is 9.60. The minimum Gasteiger partial charge on any atom is -0.462 e. The summed E-state index contributed by atoms with van der Waals surface area (Å²) in [5, 5.41) is 10.6. The number of aliphatic hydroxyl groups excluding tert-OH is 1. The molecule has 0 aliphatic heterocycles. The van der Waals surface area contributed by atoms with E-state index in [-0.39, 0.29) is 25.7 Å². The minimum absolute atomic E-state index is 0.101. The van der Waals surface area contributed by atoms with Crippen molar-refractivity contribution in [3.63, 3.8) is 0 Å². The van der Waals surface area contributed by atoms with E-state index in [0.717, 1.165) is 121 Å². The zero-order valence-corrected chi connectivity index (χ0v) is 66.8. The lowest BCUT2D eigenvalue weighted by Crippen LogP contribution is -2.30. The van der Waals surface area contributed by atoms with Gasteiger partial charge < -0.3 is 33.8 Å². The lowest BCUT2D eigenvalue weighted by Gasteiger charge is -2.21. The average Bonchev–Trinajstić information content (AvgIpc) is 1.11. The summed E-state index contributed by atoms with van der Waals surface area (Å²) < 4.78 is 68.7. The first-order valence-corrected chi connectivity index (χ1v) is 44.3. The Kier molecular flexibility index (Phi) is 70.3. The van der Waals surface area contributed by atoms with Crippen LogP contribution in [0, 0.1) is 11.8 Å². The van der Waals surface area contributed by atoms with Crippen LogP contribution in [0.5, 0.6) is 0 Å². The first kappa shape index (κ1) is 97.5. The number of unbranched alkanes of at least 4 members (excludes halogenated alkanes) is 45. The molecule has 0 bridgehead atoms. The normalized spacial score (nSPS) is 14.1. The predicted octanol–water partition coefficient (Wildman–Crippen LogP) is 23.8. The fraction of sp³-hybridized carbons (Fsp3) is 0.901. The second-order valence-corrected chi connectivity index (χ2v) is 32.3. The number of carbonyl (C=O) groups excluding carboxylic acids is 4. The molecular weight excluding hydrogens is 1310 g/mol. The highest BCUT2D eigenvalue weighted by Crippen LogP contribution is 2.45. The highest BCUT2D eigenvalue weighted by molar-refractivity contribution is 7.47. The number of aliphatic hydroxyl groups is 1. The van der Waals surface area contributed by atoms with Crippen molar-refractivity contribution in [3.8, 4) is 0 Å². The molecule has 5 atom stereocenters. The summed E-state index contributed by atoms with van der Waals surface area (Å²) in [5.41, 5.74) is 0. The van der Waals surface area contributed by atoms with Gasteiger partial charge in [0.2, 0.25) is 0 Å². The zero-order chi connectivity index (χ0) is 73.5. The SMILES string of the molecule is CCCCCC/C=C\C=C/CCCCCCCC(=O)OC[C@H](COP(=O)(O)OC[C@@H](O)COP(=O)(O)OC[C@@H](COC(=O)CCCCCCCCCCCCCCC)OC(=O)CCCCCCCCCCCCCCC(C)C)OC(=O)CCCCCCCCCCCCCCCCC(C)C. The maximum Gasteiger partial charge on any atom is 0.472 e. The topological polar surface area (TPSA) is 237 Å². The van der Waals surface area contributed by atoms with E-state index in [9.17, 15) is 43.2 Å². The quantitative estimate of drug-likeness (QED) is 0.0169. The monoisotopic (exact) mass is 1460 g/mol. The number of esters is 4. The lowest BCUT2D eigenvalue weighted by molar-refractivity contribution is -0.161. The number of phosphoric ester groups is 2. The Morgan fingerprint density at radius 1 is 0.310 bits per heavy atom. The van der Waals surface area contributed by atoms with E-state index < -0.39 is 97.5 Å². The predicted molar refractivity (Wildman–Crippen MR) is 409 cm³/mol. The van der Waals surface area contributed by atoms with Gasteiger partial charge in [-0.1, -0.05) is 348 Å². The molecule has 0 spiro atoms. The van der Waals surface area contributed by atoms with Gasteiger partial charge in [-0.2, -0.15) is 0 Å². The molecule has 3 N–H and O–H groups in total. The van der Waals surface area contributed by atoms with Gasteiger partial charge in [0.15, 0.2) is 12.2 Å². The van der Waals surface area contributed by atoms with Gasteiger partial charge in [-0.25, -0.2) is 9.13 Å². The smallest absolute Gasteiger partial charge is 0.462 e. The molecule has 0 aliphatic rings. The maximum atomic E-state index is 13.1. The van der Waals surface area contributed by atoms with Crippen molar-refractivity contribution >= 4 is 39.5 Å². The molecule has 2 unspecified atom stereocenters. The van der Waals surface area contributed by atoms with Crippen molar-refractivity contribution in [1.29, 1.82) is 0 Å². The van der Waals surface area contributed by atoms with Gasteiger partial charge in [0, 0.05) is 25.7 Å². The Labute approximate surface area is 612 Å². The highest BCUT2D eigenvalue weighted by atomic mass is 31.2. The molecule has 0 aromatic rings. The van der Waals surface area contributed by atoms with Gasteiger partial charge in [0.25, 0.3) is 0 Å². The van der Waals surface area contributed by atoms with Crippen LogP contribution >= 0.6 is 15.6 Å². The van der Waals surface area contributed by atoms with Gasteiger partial charge in [-0.05, 0) is 63.2 Å². The second-order valence-electron chi connectivity index (χ2n) is 29.4. The largest absolute Gasteiger partial charge is 0.472 e. The van der Waals surface area contributed by atoms with E-state index in [2.05, 4.69) is 65.8 Å². The van der Waals surface area contributed by atoms with Crippen molar-refractivity contribution < 1.29 is 80.2 Å². The number of phosphoric acid groups is 2. The summed E-state index contributed by atoms with van der Waals surface area (Å²) >= 11 is 0. The molecule has 0 heterocycles. The van der Waals surface area contributed by atoms with Crippen LogP contribution in [0.2, 0.25) is 0 Å². The number of allylic oxidation sites excluding steroid dienone is 4. The van der Waals surface area contributed by atoms with Crippen molar-refractivity contribution in [2.24, 2.45) is 11.8 Å². The molecular formula is C81H154O17P2. The van der Waals surface area contributed by atoms with Crippen LogP contribution in [-0.4, -0.2) is 96.7 Å². The Balaban J connectivity index is 5.31. The standard InChI is InChI=1S/C81H154O17P2/c1-7-9-11-13-15-17-19-21-22-27-34-40-46-52-58-64-79(84)92-70-76(97-80(85)65-59-53-47-41-35-28-24-23-26-31-37-43-49-55-61-73(3)4)71-95-99(87,88)93-67-75(82)68-94-100(89,90)96-72-77(69-91-78(83)63-57-51-45-39-33-25-20-18-16-14-12-10-8-2)98-81(86)66-60-54-48-42-36-30-29-32-38-44-50-56-62-74(5)6/h17,19,21-22,73-77,82H,7-16,18,20,23-72H2,1-6H3,(H,87,88)(H,89,90)/b19-17-,22-21-/t75-,76-,77-/m1/s1. The van der Waals surface area contributed by atoms with Crippen LogP contribution in [0.15, 0.2) is 24.3 Å². The van der Waals surface area contributed by atoms with E-state index >= 15 is 0 Å². The van der Waals surface area contributed by atoms with E-state index in [0.29, 0.717) is 25.7 Å². The Morgan fingerprint density at radius 3 is 0.820 bits per heavy atom. The molecule has 0 radical (unpaired) electrons. The first-order valence-electron chi connectivity index (χ1n) is 41.3. The number of rotatable bonds is 78. The summed E-state index contributed by atoms with van der Waals surface area (Å²) in [6.07, 6.45) is 64.4. The average molecular weight is 1460 g/mol. The van der Waals surface area contributed by atoms with Gasteiger partial charge in [0.05, 0.1) is 26.4 Å². The van der Waals surface area contributed by atoms with Crippen LogP contribution in [0.3, 0.4) is 0 Å². The molecule has 0 aromatic heterocycles. The fourth-order valence-electron chi connectivity index (χ4n) is 12.0. The third-order valence-corrected chi connectivity index (χ3v) is 20.2. The van der Waals surface area contributed by atoms with Crippen LogP contribution in [0.4, 0.5) is 0 Å². The highest BCUT2D eigenvalue weighted by Gasteiger charge is 2.30. The molecule has 590 valence electrons. The number of hydrogen-bond donors (Lipinski definition) is 3. The third-order valence-electron chi connectivity index (χ3n) is 18.3. The zero-order valence-electron chi connectivity index (χ0n) is 65.0. The molecule has 0 fully saturated rings. The summed E-state index contributed by atoms with van der Waals surface area (Å²) in [5.74, 6) is -0.569. The van der Waals surface area contributed by atoms with Gasteiger partial charge in [-0.15, -0.1) is 0 Å². The van der Waals surface area contributed by atoms with E-state index in [4.69, 9.17) is 37.0 Å². The third kappa shape index (κ3) is 73.8. The molecule has 0 rings (SSSR count). The molecule has 19 heteroatoms. The van der Waals surface area contributed by atoms with Crippen molar-refractivity contribution in [1.82, 2.24) is 0 Å². The van der Waals surface area contributed by atoms with E-state index in [1.807, 2.05) is 0 Å². The van der Waals surface area contributed by atoms with Gasteiger partial charge in [0.1, 0.15) is 19.3 Å². The first-order chi connectivity index (χ1) is 48.4. The lowest BCUT2D eigenvalue weighted by atomic mass is 10.0. The number of hydrogen-bond acceptors (Lipinski definition) is 15. The summed E-state index contributed by atoms with van der Waals surface area (Å²) in [7, 11) is -9.93. The maximum absolute atomic E-state index is 13.1. The van der Waals surface area contributed by atoms with Crippen molar-refractivity contribution in [3.05, 3.63) is 24.3 Å². The summed E-state index contributed by atoms with van der Waals surface area (Å²) in [6, 6.07) is 0. The van der Waals surface area contributed by atoms with Crippen molar-refractivity contribution in [2.75, 3.05) is 39.6 Å². The van der Waals surface area contributed by atoms with Crippen LogP contribution in [-0.2, 0) is 65.4 Å². The minimum atomic E-state index is -4.97. The molecule has 0 aliphatic carbocycles. The molecule has 0 saturated heterocycles. The molecule has 0 amide bonds. The Morgan fingerprint density at radius 2 is 0.540 bits per heavy atom. The van der Waals surface area contributed by atoms with Gasteiger partial charge in [-0.3, -0.25) is 37.3 Å². The number of carbonyl (C=O) groups is 4. The Bertz CT molecular complexity index is 2020. The number of ether oxygens (including phenoxy) is 4.